The van der Waals surface area contributed by atoms with Gasteiger partial charge in [0.2, 0.25) is 0 Å². The second-order valence-electron chi connectivity index (χ2n) is 6.14. The molecule has 0 aliphatic heterocycles. The van der Waals surface area contributed by atoms with Gasteiger partial charge in [-0.1, -0.05) is 27.7 Å². The second-order valence-corrected chi connectivity index (χ2v) is 6.14. The Kier molecular flexibility index (Phi) is 4.23. The molecule has 1 N–H and O–H groups in total. The molecule has 1 saturated carbocycles. The van der Waals surface area contributed by atoms with Gasteiger partial charge >= 0.3 is 5.97 Å². The first-order chi connectivity index (χ1) is 7.76. The van der Waals surface area contributed by atoms with Gasteiger partial charge in [-0.2, -0.15) is 0 Å². The highest BCUT2D eigenvalue weighted by molar-refractivity contribution is 5.74. The molecule has 1 rings (SSSR count). The smallest absolute Gasteiger partial charge is 0.312 e. The summed E-state index contributed by atoms with van der Waals surface area (Å²) in [6.45, 7) is 10.2. The molecule has 1 fully saturated rings. The van der Waals surface area contributed by atoms with E-state index < -0.39 is 11.5 Å². The maximum absolute atomic E-state index is 12.1. The fraction of sp³-hybridized carbons (Fsp3) is 0.929. The van der Waals surface area contributed by atoms with Gasteiger partial charge in [0.05, 0.1) is 18.1 Å². The van der Waals surface area contributed by atoms with Gasteiger partial charge < -0.3 is 9.84 Å². The third-order valence-corrected chi connectivity index (χ3v) is 4.25. The fourth-order valence-corrected chi connectivity index (χ4v) is 3.18. The topological polar surface area (TPSA) is 46.5 Å². The van der Waals surface area contributed by atoms with Crippen molar-refractivity contribution in [2.45, 2.75) is 59.5 Å². The molecule has 2 atom stereocenters. The number of hydrogen-bond donors (Lipinski definition) is 1. The van der Waals surface area contributed by atoms with Crippen LogP contribution in [-0.4, -0.2) is 23.3 Å². The number of ether oxygens (including phenoxy) is 1. The molecule has 0 spiro atoms. The molecule has 0 aromatic heterocycles. The van der Waals surface area contributed by atoms with Crippen molar-refractivity contribution in [3.63, 3.8) is 0 Å². The van der Waals surface area contributed by atoms with E-state index in [2.05, 4.69) is 13.8 Å². The van der Waals surface area contributed by atoms with E-state index in [4.69, 9.17) is 4.74 Å². The highest BCUT2D eigenvalue weighted by Gasteiger charge is 2.56. The van der Waals surface area contributed by atoms with E-state index in [1.54, 1.807) is 6.92 Å². The predicted molar refractivity (Wildman–Crippen MR) is 67.5 cm³/mol. The van der Waals surface area contributed by atoms with E-state index >= 15 is 0 Å². The molecule has 1 aliphatic rings. The molecule has 2 unspecified atom stereocenters. The Labute approximate surface area is 105 Å². The average molecular weight is 242 g/mol. The highest BCUT2D eigenvalue weighted by Crippen LogP contribution is 2.52. The lowest BCUT2D eigenvalue weighted by Crippen LogP contribution is -2.52. The van der Waals surface area contributed by atoms with Gasteiger partial charge in [-0.3, -0.25) is 4.79 Å². The summed E-state index contributed by atoms with van der Waals surface area (Å²) >= 11 is 0. The normalized spacial score (nSPS) is 29.4. The van der Waals surface area contributed by atoms with Crippen molar-refractivity contribution in [3.8, 4) is 0 Å². The van der Waals surface area contributed by atoms with Gasteiger partial charge in [-0.25, -0.2) is 0 Å². The van der Waals surface area contributed by atoms with Crippen LogP contribution in [0.25, 0.3) is 0 Å². The number of hydrogen-bond acceptors (Lipinski definition) is 3. The zero-order valence-electron chi connectivity index (χ0n) is 11.7. The summed E-state index contributed by atoms with van der Waals surface area (Å²) in [6, 6.07) is 0. The predicted octanol–water partition coefficient (Wildman–Crippen LogP) is 2.76. The van der Waals surface area contributed by atoms with Gasteiger partial charge in [-0.05, 0) is 37.5 Å². The van der Waals surface area contributed by atoms with E-state index in [-0.39, 0.29) is 17.3 Å². The summed E-state index contributed by atoms with van der Waals surface area (Å²) in [6.07, 6.45) is 2.64. The summed E-state index contributed by atoms with van der Waals surface area (Å²) in [5.41, 5.74) is -1.14. The van der Waals surface area contributed by atoms with E-state index in [1.165, 1.54) is 0 Å². The molecule has 0 aromatic rings. The molecular formula is C14H26O3. The summed E-state index contributed by atoms with van der Waals surface area (Å²) in [5, 5.41) is 10.9. The quantitative estimate of drug-likeness (QED) is 0.771. The standard InChI is InChI=1S/C14H26O3/c1-6-17-12(15)11(10(2)3)14(16)9-7-8-13(14,4)5/h10-11,16H,6-9H2,1-5H3. The Hall–Kier alpha value is -0.570. The number of carbonyl (C=O) groups excluding carboxylic acids is 1. The average Bonchev–Trinajstić information content (AvgIpc) is 2.41. The van der Waals surface area contributed by atoms with Crippen molar-refractivity contribution >= 4 is 5.97 Å². The number of rotatable bonds is 4. The third kappa shape index (κ3) is 2.49. The maximum Gasteiger partial charge on any atom is 0.312 e. The minimum absolute atomic E-state index is 0.0939. The van der Waals surface area contributed by atoms with Crippen LogP contribution in [0.15, 0.2) is 0 Å². The van der Waals surface area contributed by atoms with Crippen LogP contribution >= 0.6 is 0 Å². The molecule has 0 saturated heterocycles. The molecule has 1 aliphatic carbocycles. The zero-order chi connectivity index (χ0) is 13.3. The van der Waals surface area contributed by atoms with Crippen molar-refractivity contribution in [1.82, 2.24) is 0 Å². The fourth-order valence-electron chi connectivity index (χ4n) is 3.18. The van der Waals surface area contributed by atoms with Crippen LogP contribution in [0.1, 0.15) is 53.9 Å². The minimum Gasteiger partial charge on any atom is -0.466 e. The largest absolute Gasteiger partial charge is 0.466 e. The van der Waals surface area contributed by atoms with E-state index in [9.17, 15) is 9.90 Å². The molecule has 100 valence electrons. The molecule has 0 amide bonds. The summed E-state index contributed by atoms with van der Waals surface area (Å²) < 4.78 is 5.14. The van der Waals surface area contributed by atoms with Crippen LogP contribution in [0.5, 0.6) is 0 Å². The van der Waals surface area contributed by atoms with Crippen molar-refractivity contribution in [2.75, 3.05) is 6.61 Å². The SMILES string of the molecule is CCOC(=O)C(C(C)C)C1(O)CCCC1(C)C. The zero-order valence-corrected chi connectivity index (χ0v) is 11.7. The van der Waals surface area contributed by atoms with Gasteiger partial charge in [0.15, 0.2) is 0 Å². The van der Waals surface area contributed by atoms with E-state index in [0.29, 0.717) is 13.0 Å². The second kappa shape index (κ2) is 4.97. The Bertz CT molecular complexity index is 283. The molecule has 0 radical (unpaired) electrons. The highest BCUT2D eigenvalue weighted by atomic mass is 16.5. The first-order valence-corrected chi connectivity index (χ1v) is 6.65. The van der Waals surface area contributed by atoms with Crippen molar-refractivity contribution in [3.05, 3.63) is 0 Å². The molecule has 3 heteroatoms. The Morgan fingerprint density at radius 1 is 1.35 bits per heavy atom. The van der Waals surface area contributed by atoms with E-state index in [0.717, 1.165) is 12.8 Å². The number of esters is 1. The maximum atomic E-state index is 12.1. The first kappa shape index (κ1) is 14.5. The van der Waals surface area contributed by atoms with Crippen LogP contribution in [0, 0.1) is 17.3 Å². The Morgan fingerprint density at radius 2 is 1.94 bits per heavy atom. The summed E-state index contributed by atoms with van der Waals surface area (Å²) in [7, 11) is 0. The summed E-state index contributed by atoms with van der Waals surface area (Å²) in [5.74, 6) is -0.573. The lowest BCUT2D eigenvalue weighted by Gasteiger charge is -2.43. The van der Waals surface area contributed by atoms with Gasteiger partial charge in [-0.15, -0.1) is 0 Å². The van der Waals surface area contributed by atoms with Crippen molar-refractivity contribution < 1.29 is 14.6 Å². The third-order valence-electron chi connectivity index (χ3n) is 4.25. The lowest BCUT2D eigenvalue weighted by molar-refractivity contribution is -0.172. The Balaban J connectivity index is 3.02. The summed E-state index contributed by atoms with van der Waals surface area (Å²) in [4.78, 5) is 12.1. The Morgan fingerprint density at radius 3 is 2.29 bits per heavy atom. The molecule has 3 nitrogen and oxygen atoms in total. The van der Waals surface area contributed by atoms with Crippen LogP contribution in [0.3, 0.4) is 0 Å². The number of aliphatic hydroxyl groups is 1. The molecular weight excluding hydrogens is 216 g/mol. The van der Waals surface area contributed by atoms with Crippen molar-refractivity contribution in [1.29, 1.82) is 0 Å². The lowest BCUT2D eigenvalue weighted by atomic mass is 9.66. The van der Waals surface area contributed by atoms with Crippen molar-refractivity contribution in [2.24, 2.45) is 17.3 Å². The monoisotopic (exact) mass is 242 g/mol. The van der Waals surface area contributed by atoms with Gasteiger partial charge in [0, 0.05) is 0 Å². The first-order valence-electron chi connectivity index (χ1n) is 6.65. The molecule has 0 heterocycles. The minimum atomic E-state index is -0.923. The molecule has 0 aromatic carbocycles. The molecule has 0 bridgehead atoms. The number of carbonyl (C=O) groups is 1. The van der Waals surface area contributed by atoms with Crippen LogP contribution < -0.4 is 0 Å². The van der Waals surface area contributed by atoms with Crippen LogP contribution in [0.4, 0.5) is 0 Å². The van der Waals surface area contributed by atoms with Crippen LogP contribution in [0.2, 0.25) is 0 Å². The van der Waals surface area contributed by atoms with Crippen LogP contribution in [-0.2, 0) is 9.53 Å². The van der Waals surface area contributed by atoms with Gasteiger partial charge in [0.25, 0.3) is 0 Å². The van der Waals surface area contributed by atoms with E-state index in [1.807, 2.05) is 13.8 Å². The molecule has 17 heavy (non-hydrogen) atoms. The van der Waals surface area contributed by atoms with Gasteiger partial charge in [0.1, 0.15) is 0 Å².